The Labute approximate surface area is 126 Å². The van der Waals surface area contributed by atoms with Crippen LogP contribution >= 0.6 is 0 Å². The van der Waals surface area contributed by atoms with Crippen molar-refractivity contribution < 1.29 is 4.43 Å². The van der Waals surface area contributed by atoms with Crippen molar-refractivity contribution in [2.24, 2.45) is 17.2 Å². The number of piperidine rings is 1. The highest BCUT2D eigenvalue weighted by atomic mass is 28.4. The number of nitrogens with zero attached hydrogens (tertiary/aromatic N) is 2. The first-order valence-corrected chi connectivity index (χ1v) is 10.3. The van der Waals surface area contributed by atoms with E-state index in [1.165, 1.54) is 32.1 Å². The second-order valence-corrected chi connectivity index (χ2v) is 9.71. The molecule has 2 rings (SSSR count). The zero-order valence-electron chi connectivity index (χ0n) is 13.8. The highest BCUT2D eigenvalue weighted by Crippen LogP contribution is 2.37. The average Bonchev–Trinajstić information content (AvgIpc) is 2.46. The molecule has 0 aromatic rings. The molecule has 1 saturated carbocycles. The van der Waals surface area contributed by atoms with Gasteiger partial charge in [0.1, 0.15) is 0 Å². The van der Waals surface area contributed by atoms with Gasteiger partial charge in [-0.1, -0.05) is 40.0 Å². The van der Waals surface area contributed by atoms with Crippen LogP contribution in [0.5, 0.6) is 0 Å². The van der Waals surface area contributed by atoms with Gasteiger partial charge in [0.25, 0.3) is 0 Å². The van der Waals surface area contributed by atoms with Crippen molar-refractivity contribution >= 4 is 8.80 Å². The molecule has 5 heteroatoms. The van der Waals surface area contributed by atoms with Crippen LogP contribution in [0.3, 0.4) is 0 Å². The second-order valence-electron chi connectivity index (χ2n) is 6.78. The summed E-state index contributed by atoms with van der Waals surface area (Å²) in [5.41, 5.74) is 0. The van der Waals surface area contributed by atoms with Crippen molar-refractivity contribution in [2.45, 2.75) is 58.9 Å². The zero-order valence-corrected chi connectivity index (χ0v) is 14.8. The highest BCUT2D eigenvalue weighted by molar-refractivity contribution is 6.64. The molecule has 0 aromatic heterocycles. The predicted molar refractivity (Wildman–Crippen MR) is 86.1 cm³/mol. The lowest BCUT2D eigenvalue weighted by Gasteiger charge is -2.50. The summed E-state index contributed by atoms with van der Waals surface area (Å²) in [6.45, 7) is 9.90. The van der Waals surface area contributed by atoms with E-state index in [0.29, 0.717) is 6.04 Å². The summed E-state index contributed by atoms with van der Waals surface area (Å²) >= 11 is 0. The third kappa shape index (κ3) is 3.12. The van der Waals surface area contributed by atoms with Crippen LogP contribution in [0, 0.1) is 11.8 Å². The van der Waals surface area contributed by atoms with E-state index in [4.69, 9.17) is 9.83 Å². The van der Waals surface area contributed by atoms with Gasteiger partial charge < -0.3 is 9.83 Å². The van der Waals surface area contributed by atoms with E-state index in [0.717, 1.165) is 31.5 Å². The van der Waals surface area contributed by atoms with Crippen LogP contribution < -0.4 is 5.40 Å². The third-order valence-corrected chi connectivity index (χ3v) is 8.99. The van der Waals surface area contributed by atoms with Crippen molar-refractivity contribution in [3.63, 3.8) is 0 Å². The van der Waals surface area contributed by atoms with Crippen LogP contribution in [-0.2, 0) is 4.43 Å². The molecule has 0 spiro atoms. The SMILES string of the molecule is CCN(C(C)C)[Si](N)(OC)N1CCC2CCCCC2C1. The van der Waals surface area contributed by atoms with Gasteiger partial charge in [-0.15, -0.1) is 0 Å². The molecule has 1 aliphatic heterocycles. The fourth-order valence-corrected chi connectivity index (χ4v) is 7.28. The number of rotatable bonds is 5. The first-order chi connectivity index (χ1) is 9.52. The second kappa shape index (κ2) is 6.88. The van der Waals surface area contributed by atoms with Gasteiger partial charge in [-0.2, -0.15) is 0 Å². The van der Waals surface area contributed by atoms with E-state index in [9.17, 15) is 0 Å². The molecular weight excluding hydrogens is 266 g/mol. The average molecular weight is 300 g/mol. The molecule has 2 N–H and O–H groups in total. The summed E-state index contributed by atoms with van der Waals surface area (Å²) in [4.78, 5) is 0. The van der Waals surface area contributed by atoms with Crippen LogP contribution in [0.2, 0.25) is 0 Å². The van der Waals surface area contributed by atoms with Gasteiger partial charge in [-0.25, -0.2) is 0 Å². The molecule has 0 radical (unpaired) electrons. The molecule has 3 atom stereocenters. The minimum Gasteiger partial charge on any atom is -0.383 e. The minimum absolute atomic E-state index is 0.445. The monoisotopic (exact) mass is 299 g/mol. The molecule has 0 aromatic carbocycles. The van der Waals surface area contributed by atoms with E-state index in [1.54, 1.807) is 0 Å². The lowest BCUT2D eigenvalue weighted by atomic mass is 9.76. The van der Waals surface area contributed by atoms with Gasteiger partial charge in [0.05, 0.1) is 0 Å². The summed E-state index contributed by atoms with van der Waals surface area (Å²) in [5.74, 6) is 1.80. The predicted octanol–water partition coefficient (Wildman–Crippen LogP) is 2.27. The topological polar surface area (TPSA) is 41.7 Å². The zero-order chi connectivity index (χ0) is 14.8. The first kappa shape index (κ1) is 16.4. The number of nitrogens with two attached hydrogens (primary N) is 1. The Morgan fingerprint density at radius 3 is 2.45 bits per heavy atom. The van der Waals surface area contributed by atoms with Crippen LogP contribution in [0.1, 0.15) is 52.9 Å². The number of fused-ring (bicyclic) bond motifs is 1. The van der Waals surface area contributed by atoms with Crippen molar-refractivity contribution in [1.29, 1.82) is 0 Å². The van der Waals surface area contributed by atoms with Gasteiger partial charge in [-0.05, 0) is 44.3 Å². The largest absolute Gasteiger partial charge is 0.442 e. The van der Waals surface area contributed by atoms with Gasteiger partial charge in [0.15, 0.2) is 0 Å². The molecule has 3 unspecified atom stereocenters. The standard InChI is InChI=1S/C15H33N3OSi/c1-5-18(13(2)3)20(16,19-4)17-11-10-14-8-6-7-9-15(14)12-17/h13-15H,5-12,16H2,1-4H3. The van der Waals surface area contributed by atoms with Crippen LogP contribution in [0.25, 0.3) is 0 Å². The molecule has 1 heterocycles. The quantitative estimate of drug-likeness (QED) is 0.791. The van der Waals surface area contributed by atoms with Crippen LogP contribution in [0.15, 0.2) is 0 Å². The normalized spacial score (nSPS) is 31.4. The summed E-state index contributed by atoms with van der Waals surface area (Å²) in [5, 5.41) is 6.82. The first-order valence-electron chi connectivity index (χ1n) is 8.38. The molecule has 1 saturated heterocycles. The third-order valence-electron chi connectivity index (χ3n) is 5.42. The Hall–Kier alpha value is 0.0569. The number of hydrogen-bond donors (Lipinski definition) is 1. The number of hydrogen-bond acceptors (Lipinski definition) is 4. The Morgan fingerprint density at radius 1 is 1.25 bits per heavy atom. The van der Waals surface area contributed by atoms with Crippen molar-refractivity contribution in [2.75, 3.05) is 26.7 Å². The highest BCUT2D eigenvalue weighted by Gasteiger charge is 2.48. The molecule has 2 fully saturated rings. The van der Waals surface area contributed by atoms with E-state index in [-0.39, 0.29) is 0 Å². The molecule has 2 aliphatic rings. The summed E-state index contributed by atoms with van der Waals surface area (Å²) < 4.78 is 10.9. The fourth-order valence-electron chi connectivity index (χ4n) is 4.28. The van der Waals surface area contributed by atoms with E-state index in [1.807, 2.05) is 7.11 Å². The van der Waals surface area contributed by atoms with Crippen LogP contribution in [0.4, 0.5) is 0 Å². The summed E-state index contributed by atoms with van der Waals surface area (Å²) in [6, 6.07) is 0.445. The van der Waals surface area contributed by atoms with Gasteiger partial charge in [0, 0.05) is 13.2 Å². The smallest absolute Gasteiger partial charge is 0.383 e. The maximum atomic E-state index is 6.82. The minimum atomic E-state index is -2.42. The molecule has 4 nitrogen and oxygen atoms in total. The molecular formula is C15H33N3OSi. The van der Waals surface area contributed by atoms with Crippen molar-refractivity contribution in [3.8, 4) is 0 Å². The molecule has 0 amide bonds. The lowest BCUT2D eigenvalue weighted by Crippen LogP contribution is -2.76. The van der Waals surface area contributed by atoms with Crippen LogP contribution in [-0.4, -0.2) is 50.7 Å². The fraction of sp³-hybridized carbons (Fsp3) is 1.00. The van der Waals surface area contributed by atoms with Crippen molar-refractivity contribution in [3.05, 3.63) is 0 Å². The Bertz CT molecular complexity index is 315. The Morgan fingerprint density at radius 2 is 1.90 bits per heavy atom. The maximum Gasteiger partial charge on any atom is 0.442 e. The van der Waals surface area contributed by atoms with E-state index in [2.05, 4.69) is 29.9 Å². The summed E-state index contributed by atoms with van der Waals surface area (Å²) in [7, 11) is -0.615. The van der Waals surface area contributed by atoms with Gasteiger partial charge in [-0.3, -0.25) is 9.13 Å². The lowest BCUT2D eigenvalue weighted by molar-refractivity contribution is 0.0914. The molecule has 20 heavy (non-hydrogen) atoms. The van der Waals surface area contributed by atoms with Gasteiger partial charge >= 0.3 is 8.80 Å². The Kier molecular flexibility index (Phi) is 5.65. The van der Waals surface area contributed by atoms with Gasteiger partial charge in [0.2, 0.25) is 0 Å². The van der Waals surface area contributed by atoms with E-state index < -0.39 is 8.80 Å². The Balaban J connectivity index is 2.10. The summed E-state index contributed by atoms with van der Waals surface area (Å²) in [6.07, 6.45) is 6.98. The molecule has 118 valence electrons. The molecule has 1 aliphatic carbocycles. The maximum absolute atomic E-state index is 6.82. The van der Waals surface area contributed by atoms with E-state index >= 15 is 0 Å². The molecule has 0 bridgehead atoms. The van der Waals surface area contributed by atoms with Crippen molar-refractivity contribution in [1.82, 2.24) is 9.13 Å².